The number of nitrogens with zero attached hydrogens (tertiary/aromatic N) is 3. The summed E-state index contributed by atoms with van der Waals surface area (Å²) in [5, 5.41) is 7.37. The summed E-state index contributed by atoms with van der Waals surface area (Å²) in [5.41, 5.74) is 4.19. The van der Waals surface area contributed by atoms with Gasteiger partial charge in [-0.25, -0.2) is 4.68 Å². The minimum absolute atomic E-state index is 0.0172. The van der Waals surface area contributed by atoms with Gasteiger partial charge in [-0.3, -0.25) is 9.69 Å². The van der Waals surface area contributed by atoms with Crippen molar-refractivity contribution in [2.45, 2.75) is 19.3 Å². The quantitative estimate of drug-likeness (QED) is 0.626. The summed E-state index contributed by atoms with van der Waals surface area (Å²) in [4.78, 5) is 14.8. The molecule has 0 aliphatic carbocycles. The average Bonchev–Trinajstić information content (AvgIpc) is 3.28. The molecule has 6 nitrogen and oxygen atoms in total. The Bertz CT molecular complexity index is 931. The third-order valence-corrected chi connectivity index (χ3v) is 5.36. The van der Waals surface area contributed by atoms with Gasteiger partial charge < -0.3 is 10.1 Å². The maximum atomic E-state index is 12.3. The fourth-order valence-electron chi connectivity index (χ4n) is 3.56. The molecule has 1 saturated heterocycles. The highest BCUT2D eigenvalue weighted by Gasteiger charge is 2.10. The van der Waals surface area contributed by atoms with Crippen molar-refractivity contribution in [1.29, 1.82) is 0 Å². The van der Waals surface area contributed by atoms with Gasteiger partial charge in [-0.2, -0.15) is 5.10 Å². The van der Waals surface area contributed by atoms with Gasteiger partial charge in [0.05, 0.1) is 25.1 Å². The Hall–Kier alpha value is -2.96. The van der Waals surface area contributed by atoms with Gasteiger partial charge in [0.2, 0.25) is 5.91 Å². The fraction of sp³-hybridized carbons (Fsp3) is 0.333. The minimum atomic E-state index is 0.0172. The molecule has 0 atom stereocenters. The summed E-state index contributed by atoms with van der Waals surface area (Å²) >= 11 is 0. The van der Waals surface area contributed by atoms with E-state index in [-0.39, 0.29) is 5.91 Å². The maximum Gasteiger partial charge on any atom is 0.224 e. The molecule has 2 heterocycles. The lowest BCUT2D eigenvalue weighted by Crippen LogP contribution is -2.37. The molecule has 0 spiro atoms. The summed E-state index contributed by atoms with van der Waals surface area (Å²) in [5.74, 6) is 0.0172. The molecule has 1 N–H and O–H groups in total. The SMILES string of the molecule is O=C(CCc1cnn(-c2ccccc2)c1)Nc1ccc(CCN2CCOCC2)cc1. The largest absolute Gasteiger partial charge is 0.379 e. The summed E-state index contributed by atoms with van der Waals surface area (Å²) in [6.07, 6.45) is 5.91. The van der Waals surface area contributed by atoms with Crippen molar-refractivity contribution < 1.29 is 9.53 Å². The number of nitrogens with one attached hydrogen (secondary N) is 1. The molecule has 0 bridgehead atoms. The number of rotatable bonds is 8. The zero-order valence-electron chi connectivity index (χ0n) is 17.2. The van der Waals surface area contributed by atoms with E-state index in [0.29, 0.717) is 12.8 Å². The van der Waals surface area contributed by atoms with Gasteiger partial charge in [-0.05, 0) is 48.2 Å². The van der Waals surface area contributed by atoms with E-state index in [1.165, 1.54) is 5.56 Å². The average molecular weight is 405 g/mol. The Labute approximate surface area is 177 Å². The number of aryl methyl sites for hydroxylation is 1. The maximum absolute atomic E-state index is 12.3. The molecule has 1 fully saturated rings. The number of hydrogen-bond donors (Lipinski definition) is 1. The molecule has 1 aromatic heterocycles. The number of carbonyl (C=O) groups is 1. The van der Waals surface area contributed by atoms with Crippen molar-refractivity contribution in [2.75, 3.05) is 38.2 Å². The topological polar surface area (TPSA) is 59.4 Å². The van der Waals surface area contributed by atoms with E-state index < -0.39 is 0 Å². The zero-order valence-corrected chi connectivity index (χ0v) is 17.2. The smallest absolute Gasteiger partial charge is 0.224 e. The second kappa shape index (κ2) is 10.2. The van der Waals surface area contributed by atoms with E-state index >= 15 is 0 Å². The molecular weight excluding hydrogens is 376 g/mol. The standard InChI is InChI=1S/C24H28N4O2/c29-24(11-8-21-18-25-28(19-21)23-4-2-1-3-5-23)26-22-9-6-20(7-10-22)12-13-27-14-16-30-17-15-27/h1-7,9-10,18-19H,8,11-17H2,(H,26,29). The number of aromatic nitrogens is 2. The Morgan fingerprint density at radius 1 is 0.967 bits per heavy atom. The van der Waals surface area contributed by atoms with Crippen LogP contribution in [0.4, 0.5) is 5.69 Å². The second-order valence-electron chi connectivity index (χ2n) is 7.58. The number of hydrogen-bond acceptors (Lipinski definition) is 4. The first-order valence-electron chi connectivity index (χ1n) is 10.5. The Morgan fingerprint density at radius 2 is 1.73 bits per heavy atom. The summed E-state index contributed by atoms with van der Waals surface area (Å²) < 4.78 is 7.22. The number of anilines is 1. The number of ether oxygens (including phenoxy) is 1. The number of amides is 1. The first-order valence-corrected chi connectivity index (χ1v) is 10.5. The molecule has 1 amide bonds. The van der Waals surface area contributed by atoms with Crippen LogP contribution in [0.1, 0.15) is 17.5 Å². The van der Waals surface area contributed by atoms with Crippen molar-refractivity contribution >= 4 is 11.6 Å². The van der Waals surface area contributed by atoms with Crippen LogP contribution >= 0.6 is 0 Å². The van der Waals surface area contributed by atoms with Crippen molar-refractivity contribution in [3.63, 3.8) is 0 Å². The third kappa shape index (κ3) is 5.78. The van der Waals surface area contributed by atoms with Crippen LogP contribution in [-0.2, 0) is 22.4 Å². The molecule has 4 rings (SSSR count). The molecule has 0 radical (unpaired) electrons. The number of morpholine rings is 1. The molecule has 2 aromatic carbocycles. The first kappa shape index (κ1) is 20.3. The highest BCUT2D eigenvalue weighted by atomic mass is 16.5. The predicted octanol–water partition coefficient (Wildman–Crippen LogP) is 3.32. The van der Waals surface area contributed by atoms with Crippen LogP contribution in [-0.4, -0.2) is 53.4 Å². The van der Waals surface area contributed by atoms with Gasteiger partial charge in [-0.1, -0.05) is 30.3 Å². The molecule has 156 valence electrons. The van der Waals surface area contributed by atoms with E-state index in [2.05, 4.69) is 27.4 Å². The summed E-state index contributed by atoms with van der Waals surface area (Å²) in [7, 11) is 0. The van der Waals surface area contributed by atoms with Crippen LogP contribution in [0, 0.1) is 0 Å². The van der Waals surface area contributed by atoms with Crippen LogP contribution in [0.2, 0.25) is 0 Å². The van der Waals surface area contributed by atoms with E-state index in [0.717, 1.165) is 56.2 Å². The van der Waals surface area contributed by atoms with Gasteiger partial charge >= 0.3 is 0 Å². The van der Waals surface area contributed by atoms with Crippen molar-refractivity contribution in [1.82, 2.24) is 14.7 Å². The van der Waals surface area contributed by atoms with Crippen molar-refractivity contribution in [3.05, 3.63) is 78.1 Å². The normalized spacial score (nSPS) is 14.5. The molecule has 0 saturated carbocycles. The summed E-state index contributed by atoms with van der Waals surface area (Å²) in [6, 6.07) is 18.1. The van der Waals surface area contributed by atoms with E-state index in [1.54, 1.807) is 0 Å². The monoisotopic (exact) mass is 404 g/mol. The lowest BCUT2D eigenvalue weighted by molar-refractivity contribution is -0.116. The van der Waals surface area contributed by atoms with E-state index in [9.17, 15) is 4.79 Å². The van der Waals surface area contributed by atoms with Crippen molar-refractivity contribution in [2.24, 2.45) is 0 Å². The predicted molar refractivity (Wildman–Crippen MR) is 118 cm³/mol. The zero-order chi connectivity index (χ0) is 20.6. The van der Waals surface area contributed by atoms with E-state index in [4.69, 9.17) is 4.74 Å². The van der Waals surface area contributed by atoms with Gasteiger partial charge in [0.25, 0.3) is 0 Å². The molecule has 0 unspecified atom stereocenters. The van der Waals surface area contributed by atoms with Crippen LogP contribution in [0.5, 0.6) is 0 Å². The Morgan fingerprint density at radius 3 is 2.50 bits per heavy atom. The molecule has 30 heavy (non-hydrogen) atoms. The van der Waals surface area contributed by atoms with Gasteiger partial charge in [0, 0.05) is 37.9 Å². The Kier molecular flexibility index (Phi) is 6.90. The third-order valence-electron chi connectivity index (χ3n) is 5.36. The van der Waals surface area contributed by atoms with Crippen LogP contribution in [0.3, 0.4) is 0 Å². The van der Waals surface area contributed by atoms with E-state index in [1.807, 2.05) is 59.5 Å². The van der Waals surface area contributed by atoms with Gasteiger partial charge in [0.15, 0.2) is 0 Å². The lowest BCUT2D eigenvalue weighted by atomic mass is 10.1. The number of benzene rings is 2. The Balaban J connectivity index is 1.22. The van der Waals surface area contributed by atoms with Crippen molar-refractivity contribution in [3.8, 4) is 5.69 Å². The van der Waals surface area contributed by atoms with Gasteiger partial charge in [-0.15, -0.1) is 0 Å². The number of para-hydroxylation sites is 1. The lowest BCUT2D eigenvalue weighted by Gasteiger charge is -2.26. The molecule has 1 aliphatic rings. The summed E-state index contributed by atoms with van der Waals surface area (Å²) in [6.45, 7) is 4.73. The minimum Gasteiger partial charge on any atom is -0.379 e. The molecule has 1 aliphatic heterocycles. The highest BCUT2D eigenvalue weighted by molar-refractivity contribution is 5.90. The fourth-order valence-corrected chi connectivity index (χ4v) is 3.56. The van der Waals surface area contributed by atoms with Crippen LogP contribution in [0.15, 0.2) is 67.0 Å². The molecular formula is C24H28N4O2. The highest BCUT2D eigenvalue weighted by Crippen LogP contribution is 2.13. The molecule has 3 aromatic rings. The van der Waals surface area contributed by atoms with Crippen LogP contribution < -0.4 is 5.32 Å². The number of carbonyl (C=O) groups excluding carboxylic acids is 1. The molecule has 6 heteroatoms. The first-order chi connectivity index (χ1) is 14.8. The van der Waals surface area contributed by atoms with Gasteiger partial charge in [0.1, 0.15) is 0 Å². The second-order valence-corrected chi connectivity index (χ2v) is 7.58. The van der Waals surface area contributed by atoms with Crippen LogP contribution in [0.25, 0.3) is 5.69 Å².